The number of carbonyl (C=O) groups excluding carboxylic acids is 1. The minimum absolute atomic E-state index is 0.0698. The van der Waals surface area contributed by atoms with E-state index < -0.39 is 34.2 Å². The van der Waals surface area contributed by atoms with Crippen LogP contribution < -0.4 is 9.64 Å². The van der Waals surface area contributed by atoms with E-state index in [4.69, 9.17) is 9.47 Å². The molecule has 1 atom stereocenters. The van der Waals surface area contributed by atoms with Crippen LogP contribution in [-0.4, -0.2) is 66.0 Å². The standard InChI is InChI=1S/C17H24FN3O6/c1-17(2,3)27-16(23)19-5-6-20(11(9-19)10-22)13-8-15(26-4)14(21(24)25)7-12(13)18/h7-8,11,22H,5-6,9-10H2,1-4H3/t11-/m1/s1. The summed E-state index contributed by atoms with van der Waals surface area (Å²) in [7, 11) is 1.26. The molecule has 1 heterocycles. The van der Waals surface area contributed by atoms with Gasteiger partial charge in [-0.1, -0.05) is 0 Å². The van der Waals surface area contributed by atoms with Crippen molar-refractivity contribution in [2.75, 3.05) is 38.3 Å². The zero-order valence-corrected chi connectivity index (χ0v) is 15.8. The Morgan fingerprint density at radius 1 is 1.41 bits per heavy atom. The van der Waals surface area contributed by atoms with E-state index in [0.29, 0.717) is 0 Å². The number of nitro benzene ring substituents is 1. The topological polar surface area (TPSA) is 105 Å². The number of carbonyl (C=O) groups is 1. The van der Waals surface area contributed by atoms with Gasteiger partial charge in [-0.3, -0.25) is 10.1 Å². The number of methoxy groups -OCH3 is 1. The molecule has 1 aliphatic rings. The largest absolute Gasteiger partial charge is 0.490 e. The van der Waals surface area contributed by atoms with Crippen LogP contribution in [0.5, 0.6) is 5.75 Å². The molecule has 1 fully saturated rings. The van der Waals surface area contributed by atoms with Gasteiger partial charge in [0.15, 0.2) is 11.6 Å². The maximum absolute atomic E-state index is 14.5. The lowest BCUT2D eigenvalue weighted by molar-refractivity contribution is -0.385. The smallest absolute Gasteiger partial charge is 0.410 e. The average molecular weight is 385 g/mol. The third kappa shape index (κ3) is 4.76. The Labute approximate surface area is 156 Å². The molecule has 0 spiro atoms. The second-order valence-electron chi connectivity index (χ2n) is 7.19. The highest BCUT2D eigenvalue weighted by Gasteiger charge is 2.34. The summed E-state index contributed by atoms with van der Waals surface area (Å²) in [4.78, 5) is 25.6. The number of nitro groups is 1. The highest BCUT2D eigenvalue weighted by molar-refractivity contribution is 5.69. The number of nitrogens with zero attached hydrogens (tertiary/aromatic N) is 3. The summed E-state index contributed by atoms with van der Waals surface area (Å²) in [6.07, 6.45) is -0.512. The van der Waals surface area contributed by atoms with E-state index in [9.17, 15) is 24.4 Å². The number of piperazine rings is 1. The van der Waals surface area contributed by atoms with E-state index in [2.05, 4.69) is 0 Å². The van der Waals surface area contributed by atoms with Gasteiger partial charge in [-0.05, 0) is 20.8 Å². The number of aliphatic hydroxyl groups is 1. The van der Waals surface area contributed by atoms with E-state index in [1.165, 1.54) is 18.1 Å². The van der Waals surface area contributed by atoms with Gasteiger partial charge in [-0.15, -0.1) is 0 Å². The van der Waals surface area contributed by atoms with Gasteiger partial charge in [-0.2, -0.15) is 0 Å². The number of aliphatic hydroxyl groups excluding tert-OH is 1. The van der Waals surface area contributed by atoms with E-state index in [-0.39, 0.29) is 37.7 Å². The van der Waals surface area contributed by atoms with Gasteiger partial charge >= 0.3 is 11.8 Å². The zero-order valence-electron chi connectivity index (χ0n) is 15.8. The third-order valence-electron chi connectivity index (χ3n) is 4.10. The van der Waals surface area contributed by atoms with Crippen LogP contribution in [0.15, 0.2) is 12.1 Å². The second-order valence-corrected chi connectivity index (χ2v) is 7.19. The molecule has 0 unspecified atom stereocenters. The second kappa shape index (κ2) is 7.95. The molecule has 2 rings (SSSR count). The van der Waals surface area contributed by atoms with Crippen molar-refractivity contribution in [2.45, 2.75) is 32.4 Å². The van der Waals surface area contributed by atoms with Crippen LogP contribution in [0.25, 0.3) is 0 Å². The fraction of sp³-hybridized carbons (Fsp3) is 0.588. The molecule has 0 radical (unpaired) electrons. The molecule has 1 N–H and O–H groups in total. The minimum Gasteiger partial charge on any atom is -0.490 e. The Morgan fingerprint density at radius 3 is 2.59 bits per heavy atom. The van der Waals surface area contributed by atoms with Crippen LogP contribution in [0, 0.1) is 15.9 Å². The van der Waals surface area contributed by atoms with E-state index >= 15 is 0 Å². The summed E-state index contributed by atoms with van der Waals surface area (Å²) in [5.74, 6) is -0.880. The fourth-order valence-electron chi connectivity index (χ4n) is 2.88. The zero-order chi connectivity index (χ0) is 20.4. The first-order chi connectivity index (χ1) is 12.6. The first-order valence-electron chi connectivity index (χ1n) is 8.44. The Bertz CT molecular complexity index is 721. The summed E-state index contributed by atoms with van der Waals surface area (Å²) in [5.41, 5.74) is -1.06. The monoisotopic (exact) mass is 385 g/mol. The average Bonchev–Trinajstić information content (AvgIpc) is 2.59. The normalized spacial score (nSPS) is 17.6. The maximum atomic E-state index is 14.5. The van der Waals surface area contributed by atoms with Crippen molar-refractivity contribution in [3.05, 3.63) is 28.1 Å². The summed E-state index contributed by atoms with van der Waals surface area (Å²) < 4.78 is 24.8. The number of amides is 1. The lowest BCUT2D eigenvalue weighted by atomic mass is 10.1. The predicted molar refractivity (Wildman–Crippen MR) is 95.6 cm³/mol. The molecule has 150 valence electrons. The molecule has 0 aliphatic carbocycles. The Balaban J connectivity index is 2.25. The van der Waals surface area contributed by atoms with Gasteiger partial charge in [0.25, 0.3) is 0 Å². The van der Waals surface area contributed by atoms with Gasteiger partial charge in [0.1, 0.15) is 5.60 Å². The molecule has 10 heteroatoms. The number of ether oxygens (including phenoxy) is 2. The summed E-state index contributed by atoms with van der Waals surface area (Å²) in [5, 5.41) is 20.8. The fourth-order valence-corrected chi connectivity index (χ4v) is 2.88. The number of hydrogen-bond donors (Lipinski definition) is 1. The van der Waals surface area contributed by atoms with Crippen molar-refractivity contribution in [1.82, 2.24) is 4.90 Å². The van der Waals surface area contributed by atoms with Crippen molar-refractivity contribution in [3.8, 4) is 5.75 Å². The molecule has 1 saturated heterocycles. The number of rotatable bonds is 4. The van der Waals surface area contributed by atoms with Crippen LogP contribution in [-0.2, 0) is 4.74 Å². The van der Waals surface area contributed by atoms with Gasteiger partial charge < -0.3 is 24.4 Å². The van der Waals surface area contributed by atoms with Crippen LogP contribution >= 0.6 is 0 Å². The van der Waals surface area contributed by atoms with E-state index in [1.807, 2.05) is 0 Å². The number of anilines is 1. The molecule has 0 aromatic heterocycles. The van der Waals surface area contributed by atoms with Crippen LogP contribution in [0.4, 0.5) is 20.6 Å². The van der Waals surface area contributed by atoms with Crippen LogP contribution in [0.1, 0.15) is 20.8 Å². The van der Waals surface area contributed by atoms with Crippen molar-refractivity contribution < 1.29 is 28.7 Å². The molecule has 0 saturated carbocycles. The van der Waals surface area contributed by atoms with Crippen LogP contribution in [0.3, 0.4) is 0 Å². The highest BCUT2D eigenvalue weighted by Crippen LogP contribution is 2.35. The van der Waals surface area contributed by atoms with Crippen molar-refractivity contribution in [3.63, 3.8) is 0 Å². The van der Waals surface area contributed by atoms with Crippen LogP contribution in [0.2, 0.25) is 0 Å². The SMILES string of the molecule is COc1cc(N2CCN(C(=O)OC(C)(C)C)C[C@@H]2CO)c(F)cc1[N+](=O)[O-]. The maximum Gasteiger partial charge on any atom is 0.410 e. The quantitative estimate of drug-likeness (QED) is 0.625. The van der Waals surface area contributed by atoms with Crippen molar-refractivity contribution >= 4 is 17.5 Å². The van der Waals surface area contributed by atoms with Gasteiger partial charge in [-0.25, -0.2) is 9.18 Å². The summed E-state index contributed by atoms with van der Waals surface area (Å²) >= 11 is 0. The molecule has 1 aromatic carbocycles. The molecule has 1 aliphatic heterocycles. The number of halogens is 1. The molecule has 9 nitrogen and oxygen atoms in total. The van der Waals surface area contributed by atoms with Crippen molar-refractivity contribution in [2.24, 2.45) is 0 Å². The Hall–Kier alpha value is -2.62. The summed E-state index contributed by atoms with van der Waals surface area (Å²) in [6, 6.07) is 1.44. The Kier molecular flexibility index (Phi) is 6.09. The molecule has 27 heavy (non-hydrogen) atoms. The van der Waals surface area contributed by atoms with Crippen molar-refractivity contribution in [1.29, 1.82) is 0 Å². The van der Waals surface area contributed by atoms with Gasteiger partial charge in [0.05, 0.1) is 36.4 Å². The van der Waals surface area contributed by atoms with E-state index in [0.717, 1.165) is 6.07 Å². The highest BCUT2D eigenvalue weighted by atomic mass is 19.1. The number of benzene rings is 1. The predicted octanol–water partition coefficient (Wildman–Crippen LogP) is 2.16. The first kappa shape index (κ1) is 20.7. The van der Waals surface area contributed by atoms with Gasteiger partial charge in [0, 0.05) is 25.7 Å². The number of hydrogen-bond acceptors (Lipinski definition) is 7. The lowest BCUT2D eigenvalue weighted by Gasteiger charge is -2.42. The Morgan fingerprint density at radius 2 is 2.07 bits per heavy atom. The molecule has 1 aromatic rings. The molecule has 0 bridgehead atoms. The first-order valence-corrected chi connectivity index (χ1v) is 8.44. The molecule has 1 amide bonds. The minimum atomic E-state index is -0.799. The summed E-state index contributed by atoms with van der Waals surface area (Å²) in [6.45, 7) is 5.53. The van der Waals surface area contributed by atoms with E-state index in [1.54, 1.807) is 25.7 Å². The third-order valence-corrected chi connectivity index (χ3v) is 4.10. The lowest BCUT2D eigenvalue weighted by Crippen LogP contribution is -2.57. The van der Waals surface area contributed by atoms with Gasteiger partial charge in [0.2, 0.25) is 0 Å². The molecular formula is C17H24FN3O6. The molecular weight excluding hydrogens is 361 g/mol.